The van der Waals surface area contributed by atoms with E-state index in [1.54, 1.807) is 4.90 Å². The molecule has 3 N–H and O–H groups in total. The molecule has 2 fully saturated rings. The smallest absolute Gasteiger partial charge is 0.322 e. The molecule has 1 unspecified atom stereocenters. The van der Waals surface area contributed by atoms with Crippen molar-refractivity contribution in [2.75, 3.05) is 26.2 Å². The van der Waals surface area contributed by atoms with E-state index in [2.05, 4.69) is 28.7 Å². The van der Waals surface area contributed by atoms with Gasteiger partial charge in [-0.15, -0.1) is 0 Å². The summed E-state index contributed by atoms with van der Waals surface area (Å²) in [6.07, 6.45) is 5.17. The molecule has 0 saturated carbocycles. The zero-order valence-corrected chi connectivity index (χ0v) is 21.6. The summed E-state index contributed by atoms with van der Waals surface area (Å²) in [5.41, 5.74) is 5.91. The number of rotatable bonds is 8. The highest BCUT2D eigenvalue weighted by Gasteiger charge is 2.34. The topological polar surface area (TPSA) is 88.7 Å². The number of piperidine rings is 2. The number of hydrogen-bond acceptors (Lipinski definition) is 4. The Bertz CT molecular complexity index is 1310. The van der Waals surface area contributed by atoms with Crippen LogP contribution in [-0.2, 0) is 16.0 Å². The van der Waals surface area contributed by atoms with Gasteiger partial charge in [-0.05, 0) is 73.3 Å². The Morgan fingerprint density at radius 1 is 1.00 bits per heavy atom. The fraction of sp³-hybridized carbons (Fsp3) is 0.448. The number of nitrogens with one attached hydrogen (secondary N) is 2. The van der Waals surface area contributed by atoms with Crippen LogP contribution in [0.15, 0.2) is 42.6 Å². The molecule has 1 amide bonds. The molecule has 0 aliphatic carbocycles. The second kappa shape index (κ2) is 11.8. The SMILES string of the molecule is O=C(O)C(NN1CCC(c2c[nH]c3ccccc23)CC1)C1CCN(C(=O)CCc2cc(F)c(F)c(F)c2)CC1. The summed E-state index contributed by atoms with van der Waals surface area (Å²) in [6, 6.07) is 9.33. The molecule has 2 aromatic carbocycles. The number of carbonyl (C=O) groups is 2. The summed E-state index contributed by atoms with van der Waals surface area (Å²) in [6.45, 7) is 2.33. The van der Waals surface area contributed by atoms with E-state index in [9.17, 15) is 27.9 Å². The first kappa shape index (κ1) is 27.2. The third kappa shape index (κ3) is 6.12. The number of carboxylic acids is 1. The van der Waals surface area contributed by atoms with E-state index in [0.29, 0.717) is 31.8 Å². The monoisotopic (exact) mass is 542 g/mol. The number of H-pyrrole nitrogens is 1. The number of likely N-dealkylation sites (tertiary alicyclic amines) is 1. The number of carbonyl (C=O) groups excluding carboxylic acids is 1. The lowest BCUT2D eigenvalue weighted by Gasteiger charge is -2.39. The molecule has 208 valence electrons. The number of aromatic nitrogens is 1. The van der Waals surface area contributed by atoms with E-state index in [1.165, 1.54) is 10.9 Å². The quantitative estimate of drug-likeness (QED) is 0.363. The number of hydrogen-bond donors (Lipinski definition) is 3. The molecule has 2 aliphatic heterocycles. The highest BCUT2D eigenvalue weighted by atomic mass is 19.2. The summed E-state index contributed by atoms with van der Waals surface area (Å²) in [7, 11) is 0. The molecule has 1 atom stereocenters. The standard InChI is InChI=1S/C29H33F3N4O3/c30-23-15-18(16-24(31)27(23)32)5-6-26(37)35-11-7-20(8-12-35)28(29(38)39)34-36-13-9-19(10-14-36)22-17-33-25-4-2-1-3-21(22)25/h1-4,15-17,19-20,28,33-34H,5-14H2,(H,38,39). The number of para-hydroxylation sites is 1. The first-order chi connectivity index (χ1) is 18.8. The van der Waals surface area contributed by atoms with Gasteiger partial charge in [0.25, 0.3) is 0 Å². The molecule has 2 aliphatic rings. The van der Waals surface area contributed by atoms with Gasteiger partial charge in [-0.25, -0.2) is 23.6 Å². The van der Waals surface area contributed by atoms with Crippen LogP contribution in [0.2, 0.25) is 0 Å². The molecule has 39 heavy (non-hydrogen) atoms. The van der Waals surface area contributed by atoms with Crippen LogP contribution in [0.1, 0.15) is 49.1 Å². The van der Waals surface area contributed by atoms with Crippen LogP contribution < -0.4 is 5.43 Å². The lowest BCUT2D eigenvalue weighted by Crippen LogP contribution is -2.55. The fourth-order valence-corrected chi connectivity index (χ4v) is 5.95. The predicted molar refractivity (Wildman–Crippen MR) is 140 cm³/mol. The number of aromatic amines is 1. The maximum absolute atomic E-state index is 13.4. The molecule has 1 aromatic heterocycles. The Morgan fingerprint density at radius 2 is 1.67 bits per heavy atom. The molecule has 3 heterocycles. The maximum atomic E-state index is 13.4. The number of fused-ring (bicyclic) bond motifs is 1. The molecule has 0 radical (unpaired) electrons. The minimum Gasteiger partial charge on any atom is -0.480 e. The Labute approximate surface area is 224 Å². The zero-order chi connectivity index (χ0) is 27.5. The first-order valence-corrected chi connectivity index (χ1v) is 13.5. The zero-order valence-electron chi connectivity index (χ0n) is 21.6. The lowest BCUT2D eigenvalue weighted by atomic mass is 9.88. The Hall–Kier alpha value is -3.37. The lowest BCUT2D eigenvalue weighted by molar-refractivity contribution is -0.144. The van der Waals surface area contributed by atoms with Gasteiger partial charge in [-0.1, -0.05) is 18.2 Å². The largest absolute Gasteiger partial charge is 0.480 e. The van der Waals surface area contributed by atoms with Gasteiger partial charge in [-0.3, -0.25) is 9.59 Å². The first-order valence-electron chi connectivity index (χ1n) is 13.5. The number of benzene rings is 2. The van der Waals surface area contributed by atoms with Crippen molar-refractivity contribution in [3.63, 3.8) is 0 Å². The number of nitrogens with zero attached hydrogens (tertiary/aromatic N) is 2. The van der Waals surface area contributed by atoms with Crippen molar-refractivity contribution in [2.24, 2.45) is 5.92 Å². The van der Waals surface area contributed by atoms with Crippen molar-refractivity contribution in [1.82, 2.24) is 20.3 Å². The van der Waals surface area contributed by atoms with E-state index in [-0.39, 0.29) is 30.2 Å². The van der Waals surface area contributed by atoms with Crippen LogP contribution >= 0.6 is 0 Å². The molecule has 10 heteroatoms. The highest BCUT2D eigenvalue weighted by molar-refractivity contribution is 5.83. The third-order valence-electron chi connectivity index (χ3n) is 8.18. The normalized spacial score (nSPS) is 18.5. The second-order valence-electron chi connectivity index (χ2n) is 10.6. The summed E-state index contributed by atoms with van der Waals surface area (Å²) < 4.78 is 40.0. The molecular formula is C29H33F3N4O3. The number of aliphatic carboxylic acids is 1. The Kier molecular flexibility index (Phi) is 8.23. The number of hydrazine groups is 1. The van der Waals surface area contributed by atoms with E-state index in [4.69, 9.17) is 0 Å². The molecule has 2 saturated heterocycles. The number of aryl methyl sites for hydroxylation is 1. The summed E-state index contributed by atoms with van der Waals surface area (Å²) >= 11 is 0. The van der Waals surface area contributed by atoms with Gasteiger partial charge in [0, 0.05) is 49.7 Å². The van der Waals surface area contributed by atoms with E-state index in [1.807, 2.05) is 17.1 Å². The maximum Gasteiger partial charge on any atom is 0.322 e. The molecule has 7 nitrogen and oxygen atoms in total. The van der Waals surface area contributed by atoms with Crippen LogP contribution in [0.25, 0.3) is 10.9 Å². The molecular weight excluding hydrogens is 509 g/mol. The average Bonchev–Trinajstić information content (AvgIpc) is 3.38. The molecule has 0 spiro atoms. The fourth-order valence-electron chi connectivity index (χ4n) is 5.95. The highest BCUT2D eigenvalue weighted by Crippen LogP contribution is 2.33. The van der Waals surface area contributed by atoms with Crippen molar-refractivity contribution in [3.8, 4) is 0 Å². The second-order valence-corrected chi connectivity index (χ2v) is 10.6. The van der Waals surface area contributed by atoms with E-state index in [0.717, 1.165) is 43.6 Å². The molecule has 3 aromatic rings. The van der Waals surface area contributed by atoms with Crippen LogP contribution in [0.3, 0.4) is 0 Å². The molecule has 5 rings (SSSR count). The average molecular weight is 543 g/mol. The van der Waals surface area contributed by atoms with Crippen molar-refractivity contribution in [2.45, 2.75) is 50.5 Å². The Balaban J connectivity index is 1.10. The van der Waals surface area contributed by atoms with Gasteiger partial charge in [0.2, 0.25) is 5.91 Å². The van der Waals surface area contributed by atoms with Gasteiger partial charge in [0.1, 0.15) is 6.04 Å². The van der Waals surface area contributed by atoms with Gasteiger partial charge < -0.3 is 15.0 Å². The molecule has 0 bridgehead atoms. The van der Waals surface area contributed by atoms with Gasteiger partial charge in [0.15, 0.2) is 17.5 Å². The van der Waals surface area contributed by atoms with Gasteiger partial charge in [-0.2, -0.15) is 0 Å². The van der Waals surface area contributed by atoms with Gasteiger partial charge in [0.05, 0.1) is 0 Å². The van der Waals surface area contributed by atoms with Crippen molar-refractivity contribution in [3.05, 3.63) is 71.2 Å². The van der Waals surface area contributed by atoms with Gasteiger partial charge >= 0.3 is 5.97 Å². The van der Waals surface area contributed by atoms with Crippen LogP contribution in [-0.4, -0.2) is 64.1 Å². The van der Waals surface area contributed by atoms with E-state index < -0.39 is 29.5 Å². The van der Waals surface area contributed by atoms with Crippen LogP contribution in [0.5, 0.6) is 0 Å². The minimum absolute atomic E-state index is 0.0428. The van der Waals surface area contributed by atoms with Crippen molar-refractivity contribution < 1.29 is 27.9 Å². The summed E-state index contributed by atoms with van der Waals surface area (Å²) in [4.78, 5) is 29.8. The number of halogens is 3. The Morgan fingerprint density at radius 3 is 2.33 bits per heavy atom. The number of carboxylic acid groups (broad SMARTS) is 1. The summed E-state index contributed by atoms with van der Waals surface area (Å²) in [5, 5.41) is 13.2. The van der Waals surface area contributed by atoms with Crippen molar-refractivity contribution >= 4 is 22.8 Å². The third-order valence-corrected chi connectivity index (χ3v) is 8.18. The number of amides is 1. The summed E-state index contributed by atoms with van der Waals surface area (Å²) in [5.74, 6) is -4.85. The van der Waals surface area contributed by atoms with Crippen LogP contribution in [0, 0.1) is 23.4 Å². The van der Waals surface area contributed by atoms with E-state index >= 15 is 0 Å². The predicted octanol–water partition coefficient (Wildman–Crippen LogP) is 4.59. The van der Waals surface area contributed by atoms with Crippen molar-refractivity contribution in [1.29, 1.82) is 0 Å². The van der Waals surface area contributed by atoms with Crippen LogP contribution in [0.4, 0.5) is 13.2 Å². The minimum atomic E-state index is -1.52.